The summed E-state index contributed by atoms with van der Waals surface area (Å²) < 4.78 is 55.1. The molecule has 0 bridgehead atoms. The van der Waals surface area contributed by atoms with Gasteiger partial charge in [-0.25, -0.2) is 47.9 Å². The number of carbonyl (C=O) groups is 10. The number of rotatable bonds is 31. The maximum Gasteiger partial charge on any atom is 0.411 e. The van der Waals surface area contributed by atoms with E-state index in [4.69, 9.17) is 47.4 Å². The number of carbonyl (C=O) groups excluding carboxylic acids is 10. The van der Waals surface area contributed by atoms with Gasteiger partial charge in [-0.1, -0.05) is 83.3 Å². The van der Waals surface area contributed by atoms with E-state index in [9.17, 15) is 47.9 Å². The number of anilines is 9. The van der Waals surface area contributed by atoms with Crippen LogP contribution < -0.4 is 47.4 Å². The lowest BCUT2D eigenvalue weighted by molar-refractivity contribution is -0.140. The highest BCUT2D eigenvalue weighted by atomic mass is 16.6. The zero-order valence-corrected chi connectivity index (χ0v) is 68.9. The summed E-state index contributed by atoms with van der Waals surface area (Å²) in [6.45, 7) is 26.6. The predicted octanol–water partition coefficient (Wildman–Crippen LogP) is 19.4. The van der Waals surface area contributed by atoms with Crippen LogP contribution in [0.25, 0.3) is 0 Å². The van der Waals surface area contributed by atoms with E-state index in [-0.39, 0.29) is 99.1 Å². The molecule has 5 aromatic rings. The minimum atomic E-state index is -0.744. The van der Waals surface area contributed by atoms with Gasteiger partial charge in [-0.15, -0.1) is 0 Å². The van der Waals surface area contributed by atoms with E-state index >= 15 is 0 Å². The molecule has 0 spiro atoms. The largest absolute Gasteiger partial charge is 0.459 e. The van der Waals surface area contributed by atoms with Gasteiger partial charge in [0.1, 0.15) is 64.1 Å². The Morgan fingerprint density at radius 2 is 0.564 bits per heavy atom. The van der Waals surface area contributed by atoms with Crippen molar-refractivity contribution in [1.29, 1.82) is 0 Å². The number of hydrogen-bond acceptors (Lipinski definition) is 21. The second kappa shape index (κ2) is 42.9. The average molecular weight is 1620 g/mol. The zero-order chi connectivity index (χ0) is 84.3. The Morgan fingerprint density at radius 3 is 0.846 bits per heavy atom. The van der Waals surface area contributed by atoms with Gasteiger partial charge in [-0.2, -0.15) is 0 Å². The summed E-state index contributed by atoms with van der Waals surface area (Å²) in [5.74, 6) is 0.487. The third-order valence-electron chi connectivity index (χ3n) is 23.0. The lowest BCUT2D eigenvalue weighted by Gasteiger charge is -2.46. The maximum atomic E-state index is 13.4. The fraction of sp³-hybridized carbons (Fsp3) is 0.500. The van der Waals surface area contributed by atoms with Crippen LogP contribution in [0, 0.1) is 62.2 Å². The molecule has 4 fully saturated rings. The monoisotopic (exact) mass is 1620 g/mol. The van der Waals surface area contributed by atoms with E-state index in [1.54, 1.807) is 86.6 Å². The topological polar surface area (TPSA) is 362 Å². The molecule has 29 nitrogen and oxygen atoms in total. The Morgan fingerprint density at radius 1 is 0.325 bits per heavy atom. The van der Waals surface area contributed by atoms with Gasteiger partial charge >= 0.3 is 60.7 Å². The first-order valence-corrected chi connectivity index (χ1v) is 40.4. The van der Waals surface area contributed by atoms with Crippen LogP contribution in [0.15, 0.2) is 127 Å². The zero-order valence-electron chi connectivity index (χ0n) is 68.9. The number of ether oxygens (including phenoxy) is 10. The quantitative estimate of drug-likeness (QED) is 0.00884. The fourth-order valence-electron chi connectivity index (χ4n) is 15.8. The predicted molar refractivity (Wildman–Crippen MR) is 446 cm³/mol. The molecule has 0 atom stereocenters. The SMILES string of the molecule is C=C(C)C(=O)OCCOC(=O)Nc1cc(NC(=O)OC2CCC(C(C)(C)C3CCC(OC(=O)Nc4cc(NC(=O)OCCN(CCOC(=O)Nc5ccc(C)c(NC(=O)OC6CCC(C(C)(C)C7CCC(OC(=O)Nc8ccc(C)c(NC(=O)OCCOC(=O)C(=C)C)c8)CC7)CC6)c5)c5ccccc5)ccc4C)CC3)CC2)ccc1C. The molecule has 4 aliphatic carbocycles. The van der Waals surface area contributed by atoms with Crippen molar-refractivity contribution in [2.75, 3.05) is 100 Å². The lowest BCUT2D eigenvalue weighted by atomic mass is 9.60. The Hall–Kier alpha value is -11.5. The van der Waals surface area contributed by atoms with E-state index in [1.807, 2.05) is 49.1 Å². The van der Waals surface area contributed by atoms with Crippen molar-refractivity contribution in [2.24, 2.45) is 34.5 Å². The molecule has 0 saturated heterocycles. The minimum Gasteiger partial charge on any atom is -0.459 e. The molecule has 4 saturated carbocycles. The first-order valence-electron chi connectivity index (χ1n) is 40.4. The Kier molecular flexibility index (Phi) is 32.8. The third-order valence-corrected chi connectivity index (χ3v) is 23.0. The summed E-state index contributed by atoms with van der Waals surface area (Å²) >= 11 is 0. The molecule has 632 valence electrons. The second-order valence-electron chi connectivity index (χ2n) is 32.0. The molecule has 9 rings (SSSR count). The first kappa shape index (κ1) is 89.4. The highest BCUT2D eigenvalue weighted by Crippen LogP contribution is 2.51. The molecule has 8 amide bonds. The highest BCUT2D eigenvalue weighted by molar-refractivity contribution is 5.94. The molecule has 8 N–H and O–H groups in total. The molecule has 0 aliphatic heterocycles. The van der Waals surface area contributed by atoms with Gasteiger partial charge in [0.2, 0.25) is 0 Å². The van der Waals surface area contributed by atoms with E-state index in [0.29, 0.717) is 94.9 Å². The van der Waals surface area contributed by atoms with Crippen LogP contribution >= 0.6 is 0 Å². The molecule has 117 heavy (non-hydrogen) atoms. The van der Waals surface area contributed by atoms with Crippen LogP contribution in [0.2, 0.25) is 0 Å². The number of hydrogen-bond donors (Lipinski definition) is 8. The molecular weight excluding hydrogens is 1500 g/mol. The second-order valence-corrected chi connectivity index (χ2v) is 32.0. The number of aryl methyl sites for hydroxylation is 4. The number of nitrogens with one attached hydrogen (secondary N) is 8. The van der Waals surface area contributed by atoms with Crippen molar-refractivity contribution in [3.05, 3.63) is 150 Å². The van der Waals surface area contributed by atoms with Crippen molar-refractivity contribution in [3.8, 4) is 0 Å². The van der Waals surface area contributed by atoms with Crippen LogP contribution in [0.4, 0.5) is 89.5 Å². The van der Waals surface area contributed by atoms with Crippen LogP contribution in [0.3, 0.4) is 0 Å². The Bertz CT molecular complexity index is 4060. The molecule has 0 heterocycles. The fourth-order valence-corrected chi connectivity index (χ4v) is 15.8. The smallest absolute Gasteiger partial charge is 0.411 e. The summed E-state index contributed by atoms with van der Waals surface area (Å²) in [6.07, 6.45) is 6.61. The van der Waals surface area contributed by atoms with Crippen LogP contribution in [-0.4, -0.2) is 138 Å². The molecule has 0 unspecified atom stereocenters. The van der Waals surface area contributed by atoms with Gasteiger partial charge in [0.15, 0.2) is 0 Å². The molecule has 4 aliphatic rings. The molecule has 29 heteroatoms. The first-order chi connectivity index (χ1) is 55.8. The maximum absolute atomic E-state index is 13.4. The number of para-hydroxylation sites is 1. The van der Waals surface area contributed by atoms with Gasteiger partial charge in [0.05, 0.1) is 13.1 Å². The minimum absolute atomic E-state index is 0.0000506. The number of benzene rings is 5. The van der Waals surface area contributed by atoms with E-state index in [1.165, 1.54) is 13.8 Å². The summed E-state index contributed by atoms with van der Waals surface area (Å²) in [4.78, 5) is 129. The van der Waals surface area contributed by atoms with Crippen molar-refractivity contribution >= 4 is 112 Å². The summed E-state index contributed by atoms with van der Waals surface area (Å²) in [6, 6.07) is 29.8. The summed E-state index contributed by atoms with van der Waals surface area (Å²) in [5.41, 5.74) is 7.74. The van der Waals surface area contributed by atoms with Crippen molar-refractivity contribution < 1.29 is 95.3 Å². The van der Waals surface area contributed by atoms with E-state index in [2.05, 4.69) is 83.4 Å². The van der Waals surface area contributed by atoms with Gasteiger partial charge in [-0.3, -0.25) is 42.5 Å². The summed E-state index contributed by atoms with van der Waals surface area (Å²) in [5, 5.41) is 22.1. The van der Waals surface area contributed by atoms with Crippen LogP contribution in [0.1, 0.15) is 167 Å². The summed E-state index contributed by atoms with van der Waals surface area (Å²) in [7, 11) is 0. The Labute approximate surface area is 684 Å². The van der Waals surface area contributed by atoms with Gasteiger partial charge < -0.3 is 52.3 Å². The van der Waals surface area contributed by atoms with E-state index < -0.39 is 60.7 Å². The molecular formula is C88H115N9O20. The Balaban J connectivity index is 0.629. The van der Waals surface area contributed by atoms with Crippen LogP contribution in [0.5, 0.6) is 0 Å². The van der Waals surface area contributed by atoms with Crippen LogP contribution in [-0.2, 0) is 57.0 Å². The third kappa shape index (κ3) is 27.9. The van der Waals surface area contributed by atoms with Gasteiger partial charge in [-0.05, 0) is 262 Å². The average Bonchev–Trinajstić information content (AvgIpc) is 0.803. The molecule has 0 aromatic heterocycles. The normalized spacial score (nSPS) is 19.2. The number of amides is 8. The van der Waals surface area contributed by atoms with Crippen molar-refractivity contribution in [3.63, 3.8) is 0 Å². The van der Waals surface area contributed by atoms with Gasteiger partial charge in [0, 0.05) is 62.3 Å². The molecule has 5 aromatic carbocycles. The number of esters is 2. The lowest BCUT2D eigenvalue weighted by Crippen LogP contribution is -2.40. The van der Waals surface area contributed by atoms with Crippen molar-refractivity contribution in [1.82, 2.24) is 0 Å². The highest BCUT2D eigenvalue weighted by Gasteiger charge is 2.44. The number of nitrogens with zero attached hydrogens (tertiary/aromatic N) is 1. The molecule has 0 radical (unpaired) electrons. The van der Waals surface area contributed by atoms with E-state index in [0.717, 1.165) is 105 Å². The standard InChI is InChI=1S/C88H115N9O20/c1-54(2)77(98)108-46-48-112-81(102)93-73-52-66(32-20-56(73)5)91-83(104)114-69-34-22-60(23-35-69)87(9,10)62-26-38-71(39-27-62)116-85(106)95-75-50-64(30-18-58(75)7)89-79(100)110-44-42-97(68-16-14-13-15-17-68)43-45-111-80(101)90-65-31-19-59(8)76(51-65)96-86(107)117-72-40-28-63(29-41-72)88(11,12)61-24-36-70(37-25-61)115-84(105)92-67-33-21-57(6)74(53-67)94-82(103)113-49-47-109-78(99)55(3)4/h13-21,30-33,50-53,60-63,69-72H,1,3,22-29,34-49H2,2,4-12H3,(H,89,100)(H,90,101)(H,91,104)(H,92,105)(H,93,102)(H,94,103)(H,95,106)(H,96,107). The van der Waals surface area contributed by atoms with Crippen molar-refractivity contribution in [2.45, 2.75) is 196 Å². The van der Waals surface area contributed by atoms with Gasteiger partial charge in [0.25, 0.3) is 0 Å².